The van der Waals surface area contributed by atoms with Gasteiger partial charge < -0.3 is 0 Å². The minimum atomic E-state index is 0.545. The van der Waals surface area contributed by atoms with E-state index in [-0.39, 0.29) is 0 Å². The van der Waals surface area contributed by atoms with E-state index in [1.807, 2.05) is 0 Å². The van der Waals surface area contributed by atoms with Gasteiger partial charge in [-0.3, -0.25) is 0 Å². The van der Waals surface area contributed by atoms with Gasteiger partial charge in [0.25, 0.3) is 0 Å². The molecule has 0 saturated heterocycles. The zero-order valence-corrected chi connectivity index (χ0v) is 2.90. The van der Waals surface area contributed by atoms with Crippen molar-refractivity contribution in [2.24, 2.45) is 0 Å². The van der Waals surface area contributed by atoms with Gasteiger partial charge in [0, 0.05) is 0 Å². The van der Waals surface area contributed by atoms with Crippen molar-refractivity contribution < 1.29 is 4.79 Å². The van der Waals surface area contributed by atoms with E-state index in [1.165, 1.54) is 6.08 Å². The molecule has 0 aromatic carbocycles. The van der Waals surface area contributed by atoms with Crippen molar-refractivity contribution in [2.75, 3.05) is 0 Å². The molecule has 0 aliphatic carbocycles. The molecule has 0 spiro atoms. The normalized spacial score (nSPS) is 5.80. The van der Waals surface area contributed by atoms with E-state index in [0.717, 1.165) is 0 Å². The second kappa shape index (κ2) is 3.45. The minimum absolute atomic E-state index is 0.545. The van der Waals surface area contributed by atoms with Gasteiger partial charge >= 0.3 is 0 Å². The molecule has 0 aromatic heterocycles. The summed E-state index contributed by atoms with van der Waals surface area (Å²) in [7, 11) is 0. The fourth-order valence-corrected chi connectivity index (χ4v) is 0.0589. The molecular weight excluding hydrogens is 64.0 g/mol. The SMILES string of the molecule is [CH2]CC=C=O. The Morgan fingerprint density at radius 1 is 2.00 bits per heavy atom. The Morgan fingerprint density at radius 2 is 2.60 bits per heavy atom. The topological polar surface area (TPSA) is 17.1 Å². The first-order valence-electron chi connectivity index (χ1n) is 1.40. The van der Waals surface area contributed by atoms with Crippen LogP contribution in [0.3, 0.4) is 0 Å². The first kappa shape index (κ1) is 4.45. The number of hydrogen-bond acceptors (Lipinski definition) is 1. The molecular formula is C4H5O. The van der Waals surface area contributed by atoms with Crippen LogP contribution >= 0.6 is 0 Å². The highest BCUT2D eigenvalue weighted by Crippen LogP contribution is 1.64. The summed E-state index contributed by atoms with van der Waals surface area (Å²) in [6, 6.07) is 0. The smallest absolute Gasteiger partial charge is 0.120 e. The van der Waals surface area contributed by atoms with E-state index in [0.29, 0.717) is 6.42 Å². The Kier molecular flexibility index (Phi) is 3.07. The lowest BCUT2D eigenvalue weighted by molar-refractivity contribution is 0.568. The quantitative estimate of drug-likeness (QED) is 0.412. The first-order valence-corrected chi connectivity index (χ1v) is 1.40. The summed E-state index contributed by atoms with van der Waals surface area (Å²) in [5.41, 5.74) is 0. The summed E-state index contributed by atoms with van der Waals surface area (Å²) in [5.74, 6) is 1.58. The first-order chi connectivity index (χ1) is 2.41. The molecule has 0 N–H and O–H groups in total. The monoisotopic (exact) mass is 69.0 g/mol. The highest BCUT2D eigenvalue weighted by atomic mass is 16.1. The van der Waals surface area contributed by atoms with E-state index < -0.39 is 0 Å². The summed E-state index contributed by atoms with van der Waals surface area (Å²) in [6.45, 7) is 3.36. The Balaban J connectivity index is 2.93. The third kappa shape index (κ3) is 3.45. The number of allylic oxidation sites excluding steroid dienone is 1. The van der Waals surface area contributed by atoms with Gasteiger partial charge in [-0.2, -0.15) is 0 Å². The maximum atomic E-state index is 9.18. The second-order valence-corrected chi connectivity index (χ2v) is 0.611. The molecule has 27 valence electrons. The molecule has 0 aromatic rings. The van der Waals surface area contributed by atoms with Crippen molar-refractivity contribution in [1.29, 1.82) is 0 Å². The maximum absolute atomic E-state index is 9.18. The van der Waals surface area contributed by atoms with E-state index in [2.05, 4.69) is 6.92 Å². The third-order valence-electron chi connectivity index (χ3n) is 0.228. The van der Waals surface area contributed by atoms with Crippen LogP contribution in [0.15, 0.2) is 6.08 Å². The summed E-state index contributed by atoms with van der Waals surface area (Å²) in [4.78, 5) is 9.18. The standard InChI is InChI=1S/C4H5O/c1-2-3-4-5/h3H,1-2H2. The Morgan fingerprint density at radius 3 is 2.60 bits per heavy atom. The summed E-state index contributed by atoms with van der Waals surface area (Å²) >= 11 is 0. The van der Waals surface area contributed by atoms with Crippen LogP contribution in [-0.2, 0) is 4.79 Å². The lowest BCUT2D eigenvalue weighted by Gasteiger charge is -1.55. The molecule has 0 heterocycles. The second-order valence-electron chi connectivity index (χ2n) is 0.611. The van der Waals surface area contributed by atoms with E-state index in [1.54, 1.807) is 5.94 Å². The fraction of sp³-hybridized carbons (Fsp3) is 0.250. The predicted octanol–water partition coefficient (Wildman–Crippen LogP) is 0.598. The van der Waals surface area contributed by atoms with Crippen LogP contribution in [0.2, 0.25) is 0 Å². The Labute approximate surface area is 31.3 Å². The van der Waals surface area contributed by atoms with Gasteiger partial charge in [-0.15, -0.1) is 0 Å². The molecule has 5 heavy (non-hydrogen) atoms. The highest BCUT2D eigenvalue weighted by Gasteiger charge is 1.53. The van der Waals surface area contributed by atoms with Gasteiger partial charge in [0.1, 0.15) is 5.94 Å². The van der Waals surface area contributed by atoms with Crippen LogP contribution in [0.4, 0.5) is 0 Å². The van der Waals surface area contributed by atoms with Crippen LogP contribution in [0, 0.1) is 6.92 Å². The zero-order valence-electron chi connectivity index (χ0n) is 2.90. The lowest BCUT2D eigenvalue weighted by atomic mass is 10.5. The molecule has 0 aliphatic heterocycles. The zero-order chi connectivity index (χ0) is 4.12. The molecule has 0 amide bonds. The number of hydrogen-bond donors (Lipinski definition) is 0. The molecule has 0 unspecified atom stereocenters. The van der Waals surface area contributed by atoms with Gasteiger partial charge in [-0.25, -0.2) is 4.79 Å². The maximum Gasteiger partial charge on any atom is 0.120 e. The van der Waals surface area contributed by atoms with Crippen LogP contribution in [0.5, 0.6) is 0 Å². The van der Waals surface area contributed by atoms with Crippen LogP contribution in [0.1, 0.15) is 6.42 Å². The van der Waals surface area contributed by atoms with Gasteiger partial charge in [0.2, 0.25) is 0 Å². The van der Waals surface area contributed by atoms with Gasteiger partial charge in [-0.1, -0.05) is 0 Å². The molecule has 0 saturated carbocycles. The summed E-state index contributed by atoms with van der Waals surface area (Å²) in [6.07, 6.45) is 1.88. The molecule has 0 atom stereocenters. The molecule has 1 radical (unpaired) electrons. The molecule has 1 nitrogen and oxygen atoms in total. The van der Waals surface area contributed by atoms with Crippen molar-refractivity contribution >= 4 is 5.94 Å². The van der Waals surface area contributed by atoms with E-state index >= 15 is 0 Å². The van der Waals surface area contributed by atoms with E-state index in [9.17, 15) is 4.79 Å². The van der Waals surface area contributed by atoms with Crippen LogP contribution in [0.25, 0.3) is 0 Å². The molecule has 0 bridgehead atoms. The largest absolute Gasteiger partial charge is 0.234 e. The molecule has 0 aliphatic rings. The predicted molar refractivity (Wildman–Crippen MR) is 20.2 cm³/mol. The third-order valence-corrected chi connectivity index (χ3v) is 0.228. The molecule has 1 heteroatoms. The Hall–Kier alpha value is -0.550. The minimum Gasteiger partial charge on any atom is -0.234 e. The number of rotatable bonds is 1. The van der Waals surface area contributed by atoms with E-state index in [4.69, 9.17) is 0 Å². The van der Waals surface area contributed by atoms with Crippen molar-refractivity contribution in [3.63, 3.8) is 0 Å². The molecule has 0 fully saturated rings. The van der Waals surface area contributed by atoms with Gasteiger partial charge in [0.05, 0.1) is 0 Å². The van der Waals surface area contributed by atoms with Gasteiger partial charge in [-0.05, 0) is 19.4 Å². The number of carbonyl (C=O) groups excluding carboxylic acids is 1. The van der Waals surface area contributed by atoms with Crippen molar-refractivity contribution in [3.8, 4) is 0 Å². The average Bonchev–Trinajstić information content (AvgIpc) is 1.41. The van der Waals surface area contributed by atoms with Crippen molar-refractivity contribution in [1.82, 2.24) is 0 Å². The van der Waals surface area contributed by atoms with Crippen LogP contribution in [-0.4, -0.2) is 5.94 Å². The van der Waals surface area contributed by atoms with Gasteiger partial charge in [0.15, 0.2) is 0 Å². The van der Waals surface area contributed by atoms with Crippen molar-refractivity contribution in [3.05, 3.63) is 13.0 Å². The summed E-state index contributed by atoms with van der Waals surface area (Å²) in [5, 5.41) is 0. The summed E-state index contributed by atoms with van der Waals surface area (Å²) < 4.78 is 0. The van der Waals surface area contributed by atoms with Crippen LogP contribution < -0.4 is 0 Å². The average molecular weight is 69.1 g/mol. The lowest BCUT2D eigenvalue weighted by Crippen LogP contribution is -1.47. The Bertz CT molecular complexity index is 50.7. The highest BCUT2D eigenvalue weighted by molar-refractivity contribution is 5.44. The molecule has 0 rings (SSSR count). The van der Waals surface area contributed by atoms with Crippen molar-refractivity contribution in [2.45, 2.75) is 6.42 Å². The fourth-order valence-electron chi connectivity index (χ4n) is 0.0589.